The van der Waals surface area contributed by atoms with Gasteiger partial charge in [-0.1, -0.05) is 35.9 Å². The van der Waals surface area contributed by atoms with E-state index < -0.39 is 11.7 Å². The minimum absolute atomic E-state index is 0.118. The number of hydrogen-bond acceptors (Lipinski definition) is 5. The molecule has 2 aromatic rings. The molecule has 8 heteroatoms. The Kier molecular flexibility index (Phi) is 10.4. The molecule has 34 heavy (non-hydrogen) atoms. The van der Waals surface area contributed by atoms with Gasteiger partial charge in [-0.3, -0.25) is 9.59 Å². The zero-order valence-electron chi connectivity index (χ0n) is 20.4. The van der Waals surface area contributed by atoms with Gasteiger partial charge in [0.05, 0.1) is 6.61 Å². The van der Waals surface area contributed by atoms with Crippen LogP contribution >= 0.6 is 0 Å². The van der Waals surface area contributed by atoms with Crippen LogP contribution < -0.4 is 20.7 Å². The maximum absolute atomic E-state index is 12.4. The first-order valence-corrected chi connectivity index (χ1v) is 11.4. The second-order valence-electron chi connectivity index (χ2n) is 8.93. The number of para-hydroxylation sites is 1. The number of ether oxygens (including phenoxy) is 2. The summed E-state index contributed by atoms with van der Waals surface area (Å²) >= 11 is 0. The van der Waals surface area contributed by atoms with Crippen molar-refractivity contribution in [2.24, 2.45) is 0 Å². The van der Waals surface area contributed by atoms with Gasteiger partial charge < -0.3 is 25.4 Å². The van der Waals surface area contributed by atoms with E-state index in [2.05, 4.69) is 16.0 Å². The highest BCUT2D eigenvalue weighted by Gasteiger charge is 2.16. The van der Waals surface area contributed by atoms with Crippen molar-refractivity contribution in [2.75, 3.05) is 18.5 Å². The van der Waals surface area contributed by atoms with Crippen LogP contribution in [0.2, 0.25) is 0 Å². The lowest BCUT2D eigenvalue weighted by Crippen LogP contribution is -2.35. The van der Waals surface area contributed by atoms with Gasteiger partial charge in [0.25, 0.3) is 0 Å². The molecule has 3 N–H and O–H groups in total. The summed E-state index contributed by atoms with van der Waals surface area (Å²) in [6.07, 6.45) is 0.471. The highest BCUT2D eigenvalue weighted by Crippen LogP contribution is 2.16. The number of benzene rings is 2. The van der Waals surface area contributed by atoms with E-state index in [0.717, 1.165) is 11.3 Å². The van der Waals surface area contributed by atoms with Crippen molar-refractivity contribution in [2.45, 2.75) is 59.1 Å². The Morgan fingerprint density at radius 2 is 1.59 bits per heavy atom. The first-order valence-electron chi connectivity index (χ1n) is 11.4. The van der Waals surface area contributed by atoms with Crippen molar-refractivity contribution in [3.8, 4) is 5.75 Å². The van der Waals surface area contributed by atoms with Crippen LogP contribution in [0.15, 0.2) is 48.5 Å². The Labute approximate surface area is 201 Å². The number of aryl methyl sites for hydroxylation is 1. The molecule has 0 radical (unpaired) electrons. The van der Waals surface area contributed by atoms with Gasteiger partial charge in [-0.15, -0.1) is 0 Å². The lowest BCUT2D eigenvalue weighted by molar-refractivity contribution is -0.121. The Bertz CT molecular complexity index is 952. The maximum Gasteiger partial charge on any atom is 0.407 e. The lowest BCUT2D eigenvalue weighted by atomic mass is 10.1. The zero-order valence-corrected chi connectivity index (χ0v) is 20.4. The van der Waals surface area contributed by atoms with Crippen molar-refractivity contribution in [1.82, 2.24) is 10.6 Å². The summed E-state index contributed by atoms with van der Waals surface area (Å²) in [5.74, 6) is 0.451. The second-order valence-corrected chi connectivity index (χ2v) is 8.93. The lowest BCUT2D eigenvalue weighted by Gasteiger charge is -2.19. The van der Waals surface area contributed by atoms with Crippen LogP contribution in [-0.4, -0.2) is 36.7 Å². The third-order valence-electron chi connectivity index (χ3n) is 4.63. The fraction of sp³-hybridized carbons (Fsp3) is 0.423. The molecule has 0 bridgehead atoms. The molecule has 0 heterocycles. The number of nitrogens with one attached hydrogen (secondary N) is 3. The van der Waals surface area contributed by atoms with Crippen LogP contribution in [0.25, 0.3) is 0 Å². The van der Waals surface area contributed by atoms with Crippen LogP contribution in [0.5, 0.6) is 5.75 Å². The molecule has 0 fully saturated rings. The molecule has 3 amide bonds. The summed E-state index contributed by atoms with van der Waals surface area (Å²) in [6.45, 7) is 8.22. The van der Waals surface area contributed by atoms with E-state index in [1.54, 1.807) is 26.8 Å². The number of anilines is 1. The van der Waals surface area contributed by atoms with Crippen molar-refractivity contribution >= 4 is 23.6 Å². The number of hydrogen-bond donors (Lipinski definition) is 3. The van der Waals surface area contributed by atoms with E-state index >= 15 is 0 Å². The van der Waals surface area contributed by atoms with E-state index in [4.69, 9.17) is 9.47 Å². The Morgan fingerprint density at radius 1 is 0.882 bits per heavy atom. The van der Waals surface area contributed by atoms with Crippen molar-refractivity contribution in [1.29, 1.82) is 0 Å². The highest BCUT2D eigenvalue weighted by atomic mass is 16.6. The summed E-state index contributed by atoms with van der Waals surface area (Å²) in [6, 6.07) is 15.1. The Morgan fingerprint density at radius 3 is 2.29 bits per heavy atom. The van der Waals surface area contributed by atoms with Gasteiger partial charge in [0.15, 0.2) is 0 Å². The average Bonchev–Trinajstić information content (AvgIpc) is 2.76. The molecule has 184 valence electrons. The normalized spacial score (nSPS) is 10.8. The first kappa shape index (κ1) is 26.7. The summed E-state index contributed by atoms with van der Waals surface area (Å²) in [5, 5.41) is 8.26. The van der Waals surface area contributed by atoms with Crippen molar-refractivity contribution in [3.63, 3.8) is 0 Å². The van der Waals surface area contributed by atoms with Crippen LogP contribution in [0, 0.1) is 6.92 Å². The monoisotopic (exact) mass is 469 g/mol. The smallest absolute Gasteiger partial charge is 0.407 e. The summed E-state index contributed by atoms with van der Waals surface area (Å²) in [7, 11) is 0. The minimum Gasteiger partial charge on any atom is -0.494 e. The number of rotatable bonds is 11. The topological polar surface area (TPSA) is 106 Å². The molecular formula is C26H35N3O5. The zero-order chi connectivity index (χ0) is 25.0. The Balaban J connectivity index is 1.70. The molecule has 0 saturated carbocycles. The van der Waals surface area contributed by atoms with E-state index in [0.29, 0.717) is 25.1 Å². The molecule has 0 saturated heterocycles. The summed E-state index contributed by atoms with van der Waals surface area (Å²) in [5.41, 5.74) is 2.02. The molecule has 0 spiro atoms. The van der Waals surface area contributed by atoms with Crippen LogP contribution in [0.1, 0.15) is 51.2 Å². The van der Waals surface area contributed by atoms with E-state index in [9.17, 15) is 14.4 Å². The van der Waals surface area contributed by atoms with Gasteiger partial charge in [-0.05, 0) is 57.9 Å². The third-order valence-corrected chi connectivity index (χ3v) is 4.63. The standard InChI is InChI=1S/C26H35N3O5/c1-19-11-13-21(14-12-19)33-17-7-10-24(31)29-22-9-6-5-8-20(22)18-28-23(30)15-16-27-25(32)34-26(2,3)4/h5-6,8-9,11-14H,7,10,15-18H2,1-4H3,(H,27,32)(H,28,30)(H,29,31). The summed E-state index contributed by atoms with van der Waals surface area (Å²) < 4.78 is 10.8. The van der Waals surface area contributed by atoms with Crippen molar-refractivity contribution in [3.05, 3.63) is 59.7 Å². The molecule has 0 aliphatic rings. The third kappa shape index (κ3) is 10.8. The molecule has 0 aromatic heterocycles. The van der Waals surface area contributed by atoms with E-state index in [-0.39, 0.29) is 31.3 Å². The number of amides is 3. The predicted octanol–water partition coefficient (Wildman–Crippen LogP) is 4.32. The molecular weight excluding hydrogens is 434 g/mol. The molecule has 0 unspecified atom stereocenters. The molecule has 0 aliphatic carbocycles. The molecule has 8 nitrogen and oxygen atoms in total. The fourth-order valence-electron chi connectivity index (χ4n) is 2.94. The minimum atomic E-state index is -0.589. The van der Waals surface area contributed by atoms with Crippen LogP contribution in [-0.2, 0) is 20.9 Å². The molecule has 2 aromatic carbocycles. The van der Waals surface area contributed by atoms with Gasteiger partial charge in [0.2, 0.25) is 11.8 Å². The Hall–Kier alpha value is -3.55. The molecule has 2 rings (SSSR count). The van der Waals surface area contributed by atoms with Gasteiger partial charge in [0, 0.05) is 31.6 Å². The number of carbonyl (C=O) groups excluding carboxylic acids is 3. The molecule has 0 atom stereocenters. The van der Waals surface area contributed by atoms with E-state index in [1.807, 2.05) is 49.4 Å². The molecule has 0 aliphatic heterocycles. The SMILES string of the molecule is Cc1ccc(OCCCC(=O)Nc2ccccc2CNC(=O)CCNC(=O)OC(C)(C)C)cc1. The highest BCUT2D eigenvalue weighted by molar-refractivity contribution is 5.91. The van der Waals surface area contributed by atoms with Crippen molar-refractivity contribution < 1.29 is 23.9 Å². The largest absolute Gasteiger partial charge is 0.494 e. The van der Waals surface area contributed by atoms with Gasteiger partial charge >= 0.3 is 6.09 Å². The predicted molar refractivity (Wildman–Crippen MR) is 132 cm³/mol. The van der Waals surface area contributed by atoms with Gasteiger partial charge in [0.1, 0.15) is 11.4 Å². The van der Waals surface area contributed by atoms with Gasteiger partial charge in [-0.25, -0.2) is 4.79 Å². The van der Waals surface area contributed by atoms with Crippen LogP contribution in [0.3, 0.4) is 0 Å². The summed E-state index contributed by atoms with van der Waals surface area (Å²) in [4.78, 5) is 36.1. The van der Waals surface area contributed by atoms with Crippen LogP contribution in [0.4, 0.5) is 10.5 Å². The van der Waals surface area contributed by atoms with Gasteiger partial charge in [-0.2, -0.15) is 0 Å². The second kappa shape index (κ2) is 13.2. The number of alkyl carbamates (subject to hydrolysis) is 1. The number of carbonyl (C=O) groups is 3. The fourth-order valence-corrected chi connectivity index (χ4v) is 2.94. The first-order chi connectivity index (χ1) is 16.1. The quantitative estimate of drug-likeness (QED) is 0.425. The van der Waals surface area contributed by atoms with E-state index in [1.165, 1.54) is 5.56 Å². The maximum atomic E-state index is 12.4. The average molecular weight is 470 g/mol.